The highest BCUT2D eigenvalue weighted by atomic mass is 31.2. The van der Waals surface area contributed by atoms with Crippen molar-refractivity contribution in [1.29, 1.82) is 0 Å². The number of aliphatic hydroxyl groups is 1. The van der Waals surface area contributed by atoms with E-state index in [1.54, 1.807) is 5.32 Å². The largest absolute Gasteiger partial charge is 0.396 e. The van der Waals surface area contributed by atoms with Gasteiger partial charge in [0.2, 0.25) is 11.4 Å². The number of nitrogens with one attached hydrogen (secondary N) is 1. The predicted molar refractivity (Wildman–Crippen MR) is 70.8 cm³/mol. The van der Waals surface area contributed by atoms with Crippen molar-refractivity contribution in [2.24, 2.45) is 0 Å². The second-order valence-electron chi connectivity index (χ2n) is 4.36. The van der Waals surface area contributed by atoms with Crippen LogP contribution in [0.15, 0.2) is 0 Å². The van der Waals surface area contributed by atoms with Crippen LogP contribution in [-0.2, 0) is 13.9 Å². The second-order valence-corrected chi connectivity index (χ2v) is 8.16. The SMILES string of the molecule is O=C(CCCCCCCO)NC(P(=O)(O)O)P(=O)(O)O. The maximum Gasteiger partial charge on any atom is 0.360 e. The van der Waals surface area contributed by atoms with Gasteiger partial charge in [-0.1, -0.05) is 19.3 Å². The first-order chi connectivity index (χ1) is 9.09. The van der Waals surface area contributed by atoms with E-state index in [-0.39, 0.29) is 13.0 Å². The highest BCUT2D eigenvalue weighted by Gasteiger charge is 2.44. The zero-order valence-corrected chi connectivity index (χ0v) is 12.7. The number of unbranched alkanes of at least 4 members (excludes halogenated alkanes) is 4. The molecule has 9 nitrogen and oxygen atoms in total. The van der Waals surface area contributed by atoms with Gasteiger partial charge in [-0.25, -0.2) is 0 Å². The van der Waals surface area contributed by atoms with Gasteiger partial charge in [-0.3, -0.25) is 13.9 Å². The third-order valence-electron chi connectivity index (χ3n) is 2.49. The number of hydrogen-bond donors (Lipinski definition) is 6. The fourth-order valence-corrected chi connectivity index (χ4v) is 3.70. The first-order valence-electron chi connectivity index (χ1n) is 6.09. The standard InChI is InChI=1S/C9H21NO8P2/c11-7-5-3-1-2-4-6-8(12)10-9(19(13,14)15)20(16,17)18/h9,11H,1-7H2,(H,10,12)(H2,13,14,15)(H2,16,17,18). The lowest BCUT2D eigenvalue weighted by Crippen LogP contribution is -2.34. The Balaban J connectivity index is 4.17. The molecule has 0 heterocycles. The third kappa shape index (κ3) is 8.81. The molecule has 0 unspecified atom stereocenters. The maximum absolute atomic E-state index is 11.4. The minimum absolute atomic E-state index is 0.0738. The molecule has 0 rings (SSSR count). The van der Waals surface area contributed by atoms with Crippen LogP contribution in [-0.4, -0.2) is 42.7 Å². The van der Waals surface area contributed by atoms with E-state index in [0.717, 1.165) is 12.8 Å². The van der Waals surface area contributed by atoms with E-state index in [2.05, 4.69) is 0 Å². The van der Waals surface area contributed by atoms with E-state index in [4.69, 9.17) is 24.7 Å². The number of amides is 1. The Morgan fingerprint density at radius 1 is 0.900 bits per heavy atom. The average molecular weight is 333 g/mol. The molecule has 120 valence electrons. The maximum atomic E-state index is 11.4. The molecule has 0 bridgehead atoms. The molecule has 11 heteroatoms. The Morgan fingerprint density at radius 2 is 1.35 bits per heavy atom. The lowest BCUT2D eigenvalue weighted by molar-refractivity contribution is -0.121. The fourth-order valence-electron chi connectivity index (χ4n) is 1.51. The van der Waals surface area contributed by atoms with Crippen molar-refractivity contribution in [3.05, 3.63) is 0 Å². The van der Waals surface area contributed by atoms with Gasteiger partial charge in [0, 0.05) is 13.0 Å². The van der Waals surface area contributed by atoms with E-state index >= 15 is 0 Å². The van der Waals surface area contributed by atoms with E-state index in [0.29, 0.717) is 19.3 Å². The molecule has 0 spiro atoms. The van der Waals surface area contributed by atoms with Gasteiger partial charge in [0.15, 0.2) is 0 Å². The average Bonchev–Trinajstić information content (AvgIpc) is 2.27. The number of carbonyl (C=O) groups excluding carboxylic acids is 1. The normalized spacial score (nSPS) is 12.7. The molecule has 0 fully saturated rings. The highest BCUT2D eigenvalue weighted by Crippen LogP contribution is 2.58. The third-order valence-corrected chi connectivity index (χ3v) is 5.83. The molecular weight excluding hydrogens is 312 g/mol. The number of hydrogen-bond acceptors (Lipinski definition) is 4. The van der Waals surface area contributed by atoms with Crippen LogP contribution in [0.2, 0.25) is 0 Å². The van der Waals surface area contributed by atoms with Gasteiger partial charge >= 0.3 is 15.2 Å². The second kappa shape index (κ2) is 8.89. The van der Waals surface area contributed by atoms with E-state index in [9.17, 15) is 13.9 Å². The van der Waals surface area contributed by atoms with Gasteiger partial charge in [-0.15, -0.1) is 0 Å². The van der Waals surface area contributed by atoms with Crippen LogP contribution in [0.3, 0.4) is 0 Å². The Labute approximate surface area is 116 Å². The van der Waals surface area contributed by atoms with Gasteiger partial charge in [0.1, 0.15) is 0 Å². The number of aliphatic hydroxyl groups excluding tert-OH is 1. The van der Waals surface area contributed by atoms with E-state index < -0.39 is 26.6 Å². The Morgan fingerprint density at radius 3 is 1.80 bits per heavy atom. The van der Waals surface area contributed by atoms with Crippen LogP contribution in [0.1, 0.15) is 38.5 Å². The Hall–Kier alpha value is -0.270. The zero-order valence-electron chi connectivity index (χ0n) is 10.9. The molecule has 0 saturated carbocycles. The van der Waals surface area contributed by atoms with Crippen molar-refractivity contribution in [2.75, 3.05) is 6.61 Å². The summed E-state index contributed by atoms with van der Waals surface area (Å²) in [5.41, 5.74) is -2.49. The topological polar surface area (TPSA) is 164 Å². The fraction of sp³-hybridized carbons (Fsp3) is 0.889. The lowest BCUT2D eigenvalue weighted by atomic mass is 10.1. The van der Waals surface area contributed by atoms with E-state index in [1.165, 1.54) is 0 Å². The molecule has 20 heavy (non-hydrogen) atoms. The molecular formula is C9H21NO8P2. The molecule has 0 aliphatic heterocycles. The van der Waals surface area contributed by atoms with Gasteiger partial charge < -0.3 is 30.0 Å². The first kappa shape index (κ1) is 19.7. The number of carbonyl (C=O) groups is 1. The molecule has 0 aromatic carbocycles. The van der Waals surface area contributed by atoms with Crippen LogP contribution in [0.5, 0.6) is 0 Å². The Kier molecular flexibility index (Phi) is 8.77. The molecule has 0 saturated heterocycles. The van der Waals surface area contributed by atoms with Gasteiger partial charge in [0.05, 0.1) is 0 Å². The molecule has 0 aromatic heterocycles. The monoisotopic (exact) mass is 333 g/mol. The smallest absolute Gasteiger partial charge is 0.360 e. The van der Waals surface area contributed by atoms with Crippen molar-refractivity contribution < 1.29 is 38.6 Å². The van der Waals surface area contributed by atoms with Crippen LogP contribution in [0, 0.1) is 0 Å². The van der Waals surface area contributed by atoms with Crippen molar-refractivity contribution in [3.63, 3.8) is 0 Å². The summed E-state index contributed by atoms with van der Waals surface area (Å²) >= 11 is 0. The molecule has 0 aliphatic rings. The summed E-state index contributed by atoms with van der Waals surface area (Å²) < 4.78 is 21.9. The summed E-state index contributed by atoms with van der Waals surface area (Å²) in [4.78, 5) is 46.6. The minimum Gasteiger partial charge on any atom is -0.396 e. The predicted octanol–water partition coefficient (Wildman–Crippen LogP) is 0.0745. The van der Waals surface area contributed by atoms with Crippen LogP contribution < -0.4 is 5.32 Å². The van der Waals surface area contributed by atoms with Crippen LogP contribution in [0.4, 0.5) is 0 Å². The first-order valence-corrected chi connectivity index (χ1v) is 9.46. The van der Waals surface area contributed by atoms with Gasteiger partial charge in [-0.05, 0) is 12.8 Å². The zero-order chi connectivity index (χ0) is 15.8. The summed E-state index contributed by atoms with van der Waals surface area (Å²) in [7, 11) is -10.3. The summed E-state index contributed by atoms with van der Waals surface area (Å²) in [6.07, 6.45) is 3.33. The molecule has 0 atom stereocenters. The minimum atomic E-state index is -5.13. The van der Waals surface area contributed by atoms with Crippen LogP contribution >= 0.6 is 15.2 Å². The number of rotatable bonds is 10. The molecule has 1 amide bonds. The lowest BCUT2D eigenvalue weighted by Gasteiger charge is -2.20. The van der Waals surface area contributed by atoms with Crippen molar-refractivity contribution in [3.8, 4) is 0 Å². The molecule has 6 N–H and O–H groups in total. The molecule has 0 aromatic rings. The van der Waals surface area contributed by atoms with Crippen molar-refractivity contribution in [1.82, 2.24) is 5.32 Å². The van der Waals surface area contributed by atoms with E-state index in [1.807, 2.05) is 0 Å². The molecule has 0 aliphatic carbocycles. The highest BCUT2D eigenvalue weighted by molar-refractivity contribution is 7.70. The summed E-state index contributed by atoms with van der Waals surface area (Å²) in [5.74, 6) is -0.816. The summed E-state index contributed by atoms with van der Waals surface area (Å²) in [6, 6.07) is 0. The van der Waals surface area contributed by atoms with Crippen molar-refractivity contribution in [2.45, 2.75) is 44.0 Å². The van der Waals surface area contributed by atoms with Crippen molar-refractivity contribution >= 4 is 21.1 Å². The summed E-state index contributed by atoms with van der Waals surface area (Å²) in [6.45, 7) is 0.104. The summed E-state index contributed by atoms with van der Waals surface area (Å²) in [5, 5.41) is 10.2. The quantitative estimate of drug-likeness (QED) is 0.241. The van der Waals surface area contributed by atoms with Gasteiger partial charge in [-0.2, -0.15) is 0 Å². The Bertz CT molecular complexity index is 367. The van der Waals surface area contributed by atoms with Gasteiger partial charge in [0.25, 0.3) is 0 Å². The van der Waals surface area contributed by atoms with Crippen LogP contribution in [0.25, 0.3) is 0 Å². The molecule has 0 radical (unpaired) electrons.